The predicted octanol–water partition coefficient (Wildman–Crippen LogP) is 3.37. The standard InChI is InChI=1S/C18H27N3O2S2/c1-13-12-24-18(19-13)25-15-7-5-14(6-8-15)20-16(22)9-11-21-10-3-2-4-17(21)23/h12,14-15H,2-11H2,1H3,(H,20,22). The van der Waals surface area contributed by atoms with Crippen LogP contribution in [0.1, 0.15) is 57.1 Å². The summed E-state index contributed by atoms with van der Waals surface area (Å²) in [7, 11) is 0. The van der Waals surface area contributed by atoms with Crippen LogP contribution in [-0.2, 0) is 9.59 Å². The van der Waals surface area contributed by atoms with E-state index in [0.29, 0.717) is 30.7 Å². The Morgan fingerprint density at radius 3 is 2.84 bits per heavy atom. The third kappa shape index (κ3) is 5.71. The molecule has 1 saturated heterocycles. The smallest absolute Gasteiger partial charge is 0.222 e. The van der Waals surface area contributed by atoms with Gasteiger partial charge in [-0.3, -0.25) is 9.59 Å². The number of nitrogens with one attached hydrogen (secondary N) is 1. The Balaban J connectivity index is 1.34. The number of thiazole rings is 1. The van der Waals surface area contributed by atoms with E-state index < -0.39 is 0 Å². The molecule has 0 radical (unpaired) electrons. The van der Waals surface area contributed by atoms with E-state index in [1.807, 2.05) is 23.6 Å². The van der Waals surface area contributed by atoms with Gasteiger partial charge in [-0.25, -0.2) is 4.98 Å². The SMILES string of the molecule is Cc1csc(SC2CCC(NC(=O)CCN3CCCCC3=O)CC2)n1. The second kappa shape index (κ2) is 9.03. The molecule has 0 atom stereocenters. The number of aromatic nitrogens is 1. The van der Waals surface area contributed by atoms with Crippen LogP contribution in [0.2, 0.25) is 0 Å². The molecule has 1 aromatic rings. The van der Waals surface area contributed by atoms with E-state index in [0.717, 1.165) is 55.1 Å². The summed E-state index contributed by atoms with van der Waals surface area (Å²) in [5, 5.41) is 5.88. The van der Waals surface area contributed by atoms with Crippen molar-refractivity contribution < 1.29 is 9.59 Å². The quantitative estimate of drug-likeness (QED) is 0.821. The molecule has 138 valence electrons. The number of thioether (sulfide) groups is 1. The van der Waals surface area contributed by atoms with E-state index >= 15 is 0 Å². The molecule has 0 unspecified atom stereocenters. The minimum absolute atomic E-state index is 0.0880. The molecule has 1 saturated carbocycles. The Hall–Kier alpha value is -1.08. The third-order valence-electron chi connectivity index (χ3n) is 4.93. The molecule has 25 heavy (non-hydrogen) atoms. The van der Waals surface area contributed by atoms with Crippen LogP contribution in [-0.4, -0.2) is 46.1 Å². The van der Waals surface area contributed by atoms with Crippen LogP contribution in [0.25, 0.3) is 0 Å². The highest BCUT2D eigenvalue weighted by Gasteiger charge is 2.24. The normalized spacial score (nSPS) is 24.4. The fourth-order valence-corrected chi connectivity index (χ4v) is 5.77. The average molecular weight is 382 g/mol. The Morgan fingerprint density at radius 2 is 2.16 bits per heavy atom. The maximum atomic E-state index is 12.2. The summed E-state index contributed by atoms with van der Waals surface area (Å²) in [6.07, 6.45) is 7.45. The first-order valence-electron chi connectivity index (χ1n) is 9.26. The summed E-state index contributed by atoms with van der Waals surface area (Å²) in [4.78, 5) is 30.3. The number of rotatable bonds is 6. The van der Waals surface area contributed by atoms with Crippen molar-refractivity contribution in [3.05, 3.63) is 11.1 Å². The van der Waals surface area contributed by atoms with E-state index in [1.54, 1.807) is 11.3 Å². The highest BCUT2D eigenvalue weighted by Crippen LogP contribution is 2.35. The number of carbonyl (C=O) groups excluding carboxylic acids is 2. The molecule has 1 N–H and O–H groups in total. The van der Waals surface area contributed by atoms with Crippen molar-refractivity contribution in [2.45, 2.75) is 73.9 Å². The first-order valence-corrected chi connectivity index (χ1v) is 11.0. The van der Waals surface area contributed by atoms with Gasteiger partial charge in [0.15, 0.2) is 0 Å². The van der Waals surface area contributed by atoms with Gasteiger partial charge in [0.2, 0.25) is 11.8 Å². The van der Waals surface area contributed by atoms with E-state index in [4.69, 9.17) is 0 Å². The minimum atomic E-state index is 0.0880. The average Bonchev–Trinajstić information content (AvgIpc) is 3.01. The fraction of sp³-hybridized carbons (Fsp3) is 0.722. The topological polar surface area (TPSA) is 62.3 Å². The molecule has 7 heteroatoms. The van der Waals surface area contributed by atoms with Gasteiger partial charge >= 0.3 is 0 Å². The first-order chi connectivity index (χ1) is 12.1. The van der Waals surface area contributed by atoms with Gasteiger partial charge in [0, 0.05) is 48.3 Å². The number of carbonyl (C=O) groups is 2. The van der Waals surface area contributed by atoms with Gasteiger partial charge in [-0.2, -0.15) is 0 Å². The number of hydrogen-bond acceptors (Lipinski definition) is 5. The van der Waals surface area contributed by atoms with Crippen molar-refractivity contribution in [3.63, 3.8) is 0 Å². The van der Waals surface area contributed by atoms with Crippen LogP contribution in [0.4, 0.5) is 0 Å². The largest absolute Gasteiger partial charge is 0.353 e. The van der Waals surface area contributed by atoms with Gasteiger partial charge in [-0.1, -0.05) is 11.8 Å². The van der Waals surface area contributed by atoms with Crippen LogP contribution in [0.15, 0.2) is 9.72 Å². The van der Waals surface area contributed by atoms with Gasteiger partial charge < -0.3 is 10.2 Å². The van der Waals surface area contributed by atoms with Crippen molar-refractivity contribution >= 4 is 34.9 Å². The molecule has 2 fully saturated rings. The first kappa shape index (κ1) is 18.7. The van der Waals surface area contributed by atoms with Crippen molar-refractivity contribution in [3.8, 4) is 0 Å². The summed E-state index contributed by atoms with van der Waals surface area (Å²) < 4.78 is 1.16. The highest BCUT2D eigenvalue weighted by atomic mass is 32.2. The Morgan fingerprint density at radius 1 is 1.36 bits per heavy atom. The Labute approximate surface area is 158 Å². The molecule has 2 amide bonds. The molecule has 0 spiro atoms. The lowest BCUT2D eigenvalue weighted by Gasteiger charge is -2.29. The van der Waals surface area contributed by atoms with Crippen molar-refractivity contribution in [1.82, 2.24) is 15.2 Å². The minimum Gasteiger partial charge on any atom is -0.353 e. The second-order valence-corrected chi connectivity index (χ2v) is 9.41. The maximum absolute atomic E-state index is 12.2. The van der Waals surface area contributed by atoms with Crippen LogP contribution < -0.4 is 5.32 Å². The number of likely N-dealkylation sites (tertiary alicyclic amines) is 1. The monoisotopic (exact) mass is 381 g/mol. The molecule has 1 aliphatic carbocycles. The summed E-state index contributed by atoms with van der Waals surface area (Å²) in [6, 6.07) is 0.291. The summed E-state index contributed by atoms with van der Waals surface area (Å²) in [6.45, 7) is 3.41. The molecule has 1 aromatic heterocycles. The van der Waals surface area contributed by atoms with E-state index in [2.05, 4.69) is 15.7 Å². The lowest BCUT2D eigenvalue weighted by Crippen LogP contribution is -2.41. The number of nitrogens with zero attached hydrogens (tertiary/aromatic N) is 2. The van der Waals surface area contributed by atoms with E-state index in [9.17, 15) is 9.59 Å². The number of amides is 2. The summed E-state index contributed by atoms with van der Waals surface area (Å²) >= 11 is 3.61. The zero-order chi connectivity index (χ0) is 17.6. The Kier molecular flexibility index (Phi) is 6.76. The Bertz CT molecular complexity index is 597. The predicted molar refractivity (Wildman–Crippen MR) is 102 cm³/mol. The maximum Gasteiger partial charge on any atom is 0.222 e. The number of piperidine rings is 1. The lowest BCUT2D eigenvalue weighted by atomic mass is 9.95. The molecule has 3 rings (SSSR count). The van der Waals surface area contributed by atoms with Gasteiger partial charge in [0.1, 0.15) is 4.34 Å². The molecule has 5 nitrogen and oxygen atoms in total. The van der Waals surface area contributed by atoms with Crippen LogP contribution in [0, 0.1) is 6.92 Å². The summed E-state index contributed by atoms with van der Waals surface area (Å²) in [5.74, 6) is 0.291. The third-order valence-corrected chi connectivity index (χ3v) is 7.36. The molecule has 0 aromatic carbocycles. The molecule has 0 bridgehead atoms. The van der Waals surface area contributed by atoms with Gasteiger partial charge in [-0.05, 0) is 45.4 Å². The number of aryl methyl sites for hydroxylation is 1. The van der Waals surface area contributed by atoms with Crippen molar-refractivity contribution in [2.24, 2.45) is 0 Å². The summed E-state index contributed by atoms with van der Waals surface area (Å²) in [5.41, 5.74) is 1.10. The second-order valence-electron chi connectivity index (χ2n) is 7.00. The van der Waals surface area contributed by atoms with Crippen molar-refractivity contribution in [2.75, 3.05) is 13.1 Å². The van der Waals surface area contributed by atoms with Crippen LogP contribution in [0.5, 0.6) is 0 Å². The molecular formula is C18H27N3O2S2. The van der Waals surface area contributed by atoms with Crippen LogP contribution in [0.3, 0.4) is 0 Å². The highest BCUT2D eigenvalue weighted by molar-refractivity contribution is 8.01. The van der Waals surface area contributed by atoms with Gasteiger partial charge in [0.05, 0.1) is 0 Å². The van der Waals surface area contributed by atoms with Gasteiger partial charge in [-0.15, -0.1) is 11.3 Å². The lowest BCUT2D eigenvalue weighted by molar-refractivity contribution is -0.133. The molecule has 2 aliphatic rings. The van der Waals surface area contributed by atoms with Gasteiger partial charge in [0.25, 0.3) is 0 Å². The van der Waals surface area contributed by atoms with E-state index in [1.165, 1.54) is 0 Å². The van der Waals surface area contributed by atoms with Crippen molar-refractivity contribution in [1.29, 1.82) is 0 Å². The zero-order valence-corrected chi connectivity index (χ0v) is 16.5. The molecule has 1 aliphatic heterocycles. The molecular weight excluding hydrogens is 354 g/mol. The van der Waals surface area contributed by atoms with Crippen LogP contribution >= 0.6 is 23.1 Å². The molecule has 2 heterocycles. The zero-order valence-electron chi connectivity index (χ0n) is 14.8. The fourth-order valence-electron chi connectivity index (χ4n) is 3.49. The number of hydrogen-bond donors (Lipinski definition) is 1. The van der Waals surface area contributed by atoms with E-state index in [-0.39, 0.29) is 11.8 Å².